The molecule has 0 aliphatic carbocycles. The molecule has 0 aliphatic heterocycles. The van der Waals surface area contributed by atoms with Gasteiger partial charge in [0.1, 0.15) is 5.82 Å². The first kappa shape index (κ1) is 17.6. The number of carboxylic acids is 1. The fourth-order valence-corrected chi connectivity index (χ4v) is 1.52. The highest BCUT2D eigenvalue weighted by atomic mass is 19.1. The van der Waals surface area contributed by atoms with E-state index in [1.807, 2.05) is 0 Å². The van der Waals surface area contributed by atoms with Crippen LogP contribution in [0.5, 0.6) is 0 Å². The number of aromatic carboxylic acids is 1. The van der Waals surface area contributed by atoms with Gasteiger partial charge in [-0.05, 0) is 18.2 Å². The molecular formula is C15H19FN2O4. The van der Waals surface area contributed by atoms with Gasteiger partial charge in [-0.2, -0.15) is 0 Å². The molecule has 0 atom stereocenters. The predicted molar refractivity (Wildman–Crippen MR) is 79.1 cm³/mol. The molecule has 0 aliphatic rings. The van der Waals surface area contributed by atoms with Gasteiger partial charge < -0.3 is 15.7 Å². The third-order valence-electron chi connectivity index (χ3n) is 2.81. The van der Waals surface area contributed by atoms with Crippen molar-refractivity contribution in [2.75, 3.05) is 11.9 Å². The SMILES string of the molecule is CC(C)(C)C(=O)NCCC(=O)Nc1cc(C(=O)O)ccc1F. The maximum atomic E-state index is 13.5. The lowest BCUT2D eigenvalue weighted by Gasteiger charge is -2.17. The lowest BCUT2D eigenvalue weighted by molar-refractivity contribution is -0.128. The summed E-state index contributed by atoms with van der Waals surface area (Å²) in [5, 5.41) is 13.7. The van der Waals surface area contributed by atoms with Crippen LogP contribution in [-0.4, -0.2) is 29.4 Å². The Kier molecular flexibility index (Phi) is 5.62. The number of nitrogens with one attached hydrogen (secondary N) is 2. The van der Waals surface area contributed by atoms with Crippen molar-refractivity contribution in [3.05, 3.63) is 29.6 Å². The number of benzene rings is 1. The Bertz CT molecular complexity index is 594. The summed E-state index contributed by atoms with van der Waals surface area (Å²) in [7, 11) is 0. The number of carbonyl (C=O) groups excluding carboxylic acids is 2. The van der Waals surface area contributed by atoms with Crippen LogP contribution < -0.4 is 10.6 Å². The van der Waals surface area contributed by atoms with Crippen LogP contribution in [0.3, 0.4) is 0 Å². The van der Waals surface area contributed by atoms with Crippen LogP contribution in [-0.2, 0) is 9.59 Å². The second kappa shape index (κ2) is 7.02. The smallest absolute Gasteiger partial charge is 0.335 e. The molecule has 0 saturated carbocycles. The lowest BCUT2D eigenvalue weighted by atomic mass is 9.96. The average Bonchev–Trinajstić information content (AvgIpc) is 2.39. The van der Waals surface area contributed by atoms with E-state index < -0.39 is 23.1 Å². The van der Waals surface area contributed by atoms with Gasteiger partial charge in [-0.1, -0.05) is 20.8 Å². The van der Waals surface area contributed by atoms with Crippen LogP contribution in [0.1, 0.15) is 37.6 Å². The summed E-state index contributed by atoms with van der Waals surface area (Å²) < 4.78 is 13.5. The van der Waals surface area contributed by atoms with Gasteiger partial charge in [0.25, 0.3) is 0 Å². The standard InChI is InChI=1S/C15H19FN2O4/c1-15(2,3)14(22)17-7-6-12(19)18-11-8-9(13(20)21)4-5-10(11)16/h4-5,8H,6-7H2,1-3H3,(H,17,22)(H,18,19)(H,20,21). The van der Waals surface area contributed by atoms with Gasteiger partial charge in [-0.15, -0.1) is 0 Å². The molecule has 6 nitrogen and oxygen atoms in total. The maximum Gasteiger partial charge on any atom is 0.335 e. The highest BCUT2D eigenvalue weighted by Crippen LogP contribution is 2.16. The lowest BCUT2D eigenvalue weighted by Crippen LogP contribution is -2.36. The van der Waals surface area contributed by atoms with Crippen molar-refractivity contribution in [1.82, 2.24) is 5.32 Å². The van der Waals surface area contributed by atoms with Crippen LogP contribution in [0.25, 0.3) is 0 Å². The number of anilines is 1. The predicted octanol–water partition coefficient (Wildman–Crippen LogP) is 2.01. The number of hydrogen-bond donors (Lipinski definition) is 3. The molecule has 0 spiro atoms. The van der Waals surface area contributed by atoms with E-state index in [4.69, 9.17) is 5.11 Å². The number of hydrogen-bond acceptors (Lipinski definition) is 3. The van der Waals surface area contributed by atoms with Gasteiger partial charge in [-0.25, -0.2) is 9.18 Å². The zero-order valence-corrected chi connectivity index (χ0v) is 12.7. The molecule has 0 fully saturated rings. The van der Waals surface area contributed by atoms with E-state index in [-0.39, 0.29) is 30.1 Å². The molecule has 1 aromatic rings. The van der Waals surface area contributed by atoms with Crippen molar-refractivity contribution >= 4 is 23.5 Å². The fourth-order valence-electron chi connectivity index (χ4n) is 1.52. The quantitative estimate of drug-likeness (QED) is 0.775. The van der Waals surface area contributed by atoms with Gasteiger partial charge in [-0.3, -0.25) is 9.59 Å². The van der Waals surface area contributed by atoms with Gasteiger partial charge >= 0.3 is 5.97 Å². The van der Waals surface area contributed by atoms with E-state index in [1.165, 1.54) is 0 Å². The molecule has 22 heavy (non-hydrogen) atoms. The van der Waals surface area contributed by atoms with Gasteiger partial charge in [0.15, 0.2) is 0 Å². The summed E-state index contributed by atoms with van der Waals surface area (Å²) in [6.45, 7) is 5.35. The Morgan fingerprint density at radius 2 is 1.86 bits per heavy atom. The van der Waals surface area contributed by atoms with E-state index in [0.717, 1.165) is 18.2 Å². The van der Waals surface area contributed by atoms with E-state index in [0.29, 0.717) is 0 Å². The van der Waals surface area contributed by atoms with Crippen molar-refractivity contribution in [3.8, 4) is 0 Å². The molecule has 0 heterocycles. The maximum absolute atomic E-state index is 13.5. The molecule has 0 aromatic heterocycles. The monoisotopic (exact) mass is 310 g/mol. The largest absolute Gasteiger partial charge is 0.478 e. The summed E-state index contributed by atoms with van der Waals surface area (Å²) in [6, 6.07) is 3.13. The molecule has 2 amide bonds. The van der Waals surface area contributed by atoms with Crippen molar-refractivity contribution in [1.29, 1.82) is 0 Å². The number of amides is 2. The Hall–Kier alpha value is -2.44. The van der Waals surface area contributed by atoms with Crippen molar-refractivity contribution in [2.45, 2.75) is 27.2 Å². The van der Waals surface area contributed by atoms with Crippen LogP contribution in [0.15, 0.2) is 18.2 Å². The van der Waals surface area contributed by atoms with Crippen molar-refractivity contribution in [3.63, 3.8) is 0 Å². The minimum Gasteiger partial charge on any atom is -0.478 e. The third-order valence-corrected chi connectivity index (χ3v) is 2.81. The van der Waals surface area contributed by atoms with Crippen LogP contribution in [0, 0.1) is 11.2 Å². The average molecular weight is 310 g/mol. The van der Waals surface area contributed by atoms with Crippen LogP contribution in [0.4, 0.5) is 10.1 Å². The van der Waals surface area contributed by atoms with Crippen LogP contribution in [0.2, 0.25) is 0 Å². The highest BCUT2D eigenvalue weighted by molar-refractivity contribution is 5.94. The zero-order valence-electron chi connectivity index (χ0n) is 12.7. The minimum atomic E-state index is -1.21. The third kappa shape index (κ3) is 5.16. The Labute approximate surface area is 127 Å². The molecule has 0 radical (unpaired) electrons. The van der Waals surface area contributed by atoms with Gasteiger partial charge in [0, 0.05) is 18.4 Å². The number of carboxylic acid groups (broad SMARTS) is 1. The topological polar surface area (TPSA) is 95.5 Å². The summed E-state index contributed by atoms with van der Waals surface area (Å²) in [5.74, 6) is -2.65. The molecular weight excluding hydrogens is 291 g/mol. The summed E-state index contributed by atoms with van der Waals surface area (Å²) >= 11 is 0. The van der Waals surface area contributed by atoms with E-state index in [1.54, 1.807) is 20.8 Å². The second-order valence-electron chi connectivity index (χ2n) is 5.80. The van der Waals surface area contributed by atoms with Crippen LogP contribution >= 0.6 is 0 Å². The molecule has 1 aromatic carbocycles. The molecule has 0 unspecified atom stereocenters. The second-order valence-corrected chi connectivity index (χ2v) is 5.80. The van der Waals surface area contributed by atoms with Gasteiger partial charge in [0.05, 0.1) is 11.3 Å². The number of carbonyl (C=O) groups is 3. The summed E-state index contributed by atoms with van der Waals surface area (Å²) in [6.07, 6.45) is -0.0431. The molecule has 7 heteroatoms. The minimum absolute atomic E-state index is 0.0431. The molecule has 3 N–H and O–H groups in total. The molecule has 120 valence electrons. The number of halogens is 1. The first-order valence-corrected chi connectivity index (χ1v) is 6.72. The van der Waals surface area contributed by atoms with Crippen molar-refractivity contribution in [2.24, 2.45) is 5.41 Å². The highest BCUT2D eigenvalue weighted by Gasteiger charge is 2.20. The Morgan fingerprint density at radius 1 is 1.23 bits per heavy atom. The van der Waals surface area contributed by atoms with Gasteiger partial charge in [0.2, 0.25) is 11.8 Å². The molecule has 1 rings (SSSR count). The van der Waals surface area contributed by atoms with E-state index >= 15 is 0 Å². The zero-order chi connectivity index (χ0) is 16.9. The first-order chi connectivity index (χ1) is 10.1. The summed E-state index contributed by atoms with van der Waals surface area (Å²) in [4.78, 5) is 34.1. The molecule has 0 saturated heterocycles. The first-order valence-electron chi connectivity index (χ1n) is 6.72. The van der Waals surface area contributed by atoms with E-state index in [9.17, 15) is 18.8 Å². The Balaban J connectivity index is 2.57. The van der Waals surface area contributed by atoms with Crippen molar-refractivity contribution < 1.29 is 23.9 Å². The fraction of sp³-hybridized carbons (Fsp3) is 0.400. The van der Waals surface area contributed by atoms with E-state index in [2.05, 4.69) is 10.6 Å². The number of rotatable bonds is 5. The Morgan fingerprint density at radius 3 is 2.41 bits per heavy atom. The molecule has 0 bridgehead atoms. The normalized spacial score (nSPS) is 10.9. The summed E-state index contributed by atoms with van der Waals surface area (Å²) in [5.41, 5.74) is -0.886.